The maximum Gasteiger partial charge on any atom is 0.100 e. The molecule has 2 heteroatoms. The molecule has 0 fully saturated rings. The SMILES string of the molecule is Cc1ccc2ccccc2c1-n1cnc2ccccc21. The second kappa shape index (κ2) is 4.20. The number of nitrogens with zero attached hydrogens (tertiary/aromatic N) is 2. The fourth-order valence-electron chi connectivity index (χ4n) is 2.82. The maximum absolute atomic E-state index is 4.51. The van der Waals surface area contributed by atoms with Gasteiger partial charge in [-0.2, -0.15) is 0 Å². The van der Waals surface area contributed by atoms with E-state index < -0.39 is 0 Å². The highest BCUT2D eigenvalue weighted by Crippen LogP contribution is 2.28. The predicted molar refractivity (Wildman–Crippen MR) is 83.3 cm³/mol. The van der Waals surface area contributed by atoms with Gasteiger partial charge in [0.15, 0.2) is 0 Å². The Hall–Kier alpha value is -2.61. The molecule has 4 rings (SSSR count). The number of hydrogen-bond donors (Lipinski definition) is 0. The number of rotatable bonds is 1. The largest absolute Gasteiger partial charge is 0.298 e. The van der Waals surface area contributed by atoms with Gasteiger partial charge in [-0.1, -0.05) is 48.5 Å². The highest BCUT2D eigenvalue weighted by atomic mass is 15.1. The average molecular weight is 258 g/mol. The summed E-state index contributed by atoms with van der Waals surface area (Å²) in [5, 5.41) is 2.52. The van der Waals surface area contributed by atoms with Gasteiger partial charge in [-0.25, -0.2) is 4.98 Å². The Morgan fingerprint density at radius 3 is 2.60 bits per heavy atom. The molecule has 0 aliphatic heterocycles. The normalized spacial score (nSPS) is 11.2. The molecule has 0 saturated heterocycles. The van der Waals surface area contributed by atoms with E-state index in [0.717, 1.165) is 11.0 Å². The van der Waals surface area contributed by atoms with Gasteiger partial charge in [0.05, 0.1) is 16.7 Å². The van der Waals surface area contributed by atoms with Crippen LogP contribution in [0.25, 0.3) is 27.5 Å². The zero-order valence-electron chi connectivity index (χ0n) is 11.2. The van der Waals surface area contributed by atoms with E-state index in [1.807, 2.05) is 18.5 Å². The number of fused-ring (bicyclic) bond motifs is 2. The van der Waals surface area contributed by atoms with Gasteiger partial charge >= 0.3 is 0 Å². The Morgan fingerprint density at radius 2 is 1.65 bits per heavy atom. The number of benzene rings is 3. The highest BCUT2D eigenvalue weighted by molar-refractivity contribution is 5.93. The summed E-state index contributed by atoms with van der Waals surface area (Å²) in [5.41, 5.74) is 4.65. The third-order valence-corrected chi connectivity index (χ3v) is 3.80. The fourth-order valence-corrected chi connectivity index (χ4v) is 2.82. The molecule has 0 aliphatic rings. The lowest BCUT2D eigenvalue weighted by Crippen LogP contribution is -1.96. The molecule has 0 bridgehead atoms. The van der Waals surface area contributed by atoms with Crippen LogP contribution in [-0.4, -0.2) is 9.55 Å². The first-order valence-electron chi connectivity index (χ1n) is 6.75. The number of para-hydroxylation sites is 2. The summed E-state index contributed by atoms with van der Waals surface area (Å²) in [5.74, 6) is 0. The topological polar surface area (TPSA) is 17.8 Å². The van der Waals surface area contributed by atoms with Gasteiger partial charge in [0.2, 0.25) is 0 Å². The van der Waals surface area contributed by atoms with Crippen molar-refractivity contribution in [1.82, 2.24) is 9.55 Å². The summed E-state index contributed by atoms with van der Waals surface area (Å²) in [6.07, 6.45) is 1.92. The lowest BCUT2D eigenvalue weighted by atomic mass is 10.0. The average Bonchev–Trinajstić information content (AvgIpc) is 2.91. The number of aryl methyl sites for hydroxylation is 1. The van der Waals surface area contributed by atoms with Crippen LogP contribution < -0.4 is 0 Å². The molecule has 0 radical (unpaired) electrons. The summed E-state index contributed by atoms with van der Waals surface area (Å²) in [7, 11) is 0. The molecule has 4 aromatic rings. The van der Waals surface area contributed by atoms with Crippen molar-refractivity contribution in [2.75, 3.05) is 0 Å². The molecule has 0 atom stereocenters. The van der Waals surface area contributed by atoms with Crippen molar-refractivity contribution in [3.05, 3.63) is 72.6 Å². The van der Waals surface area contributed by atoms with Crippen LogP contribution >= 0.6 is 0 Å². The lowest BCUT2D eigenvalue weighted by molar-refractivity contribution is 1.09. The van der Waals surface area contributed by atoms with Crippen LogP contribution in [-0.2, 0) is 0 Å². The van der Waals surface area contributed by atoms with Crippen LogP contribution in [0.2, 0.25) is 0 Å². The molecule has 1 heterocycles. The van der Waals surface area contributed by atoms with E-state index in [4.69, 9.17) is 0 Å². The zero-order valence-corrected chi connectivity index (χ0v) is 11.2. The van der Waals surface area contributed by atoms with E-state index in [9.17, 15) is 0 Å². The molecule has 0 N–H and O–H groups in total. The van der Waals surface area contributed by atoms with Crippen LogP contribution in [0.5, 0.6) is 0 Å². The van der Waals surface area contributed by atoms with Crippen molar-refractivity contribution in [2.45, 2.75) is 6.92 Å². The van der Waals surface area contributed by atoms with E-state index in [1.54, 1.807) is 0 Å². The number of aromatic nitrogens is 2. The van der Waals surface area contributed by atoms with Crippen LogP contribution in [0.1, 0.15) is 5.56 Å². The molecular weight excluding hydrogens is 244 g/mol. The third kappa shape index (κ3) is 1.55. The second-order valence-electron chi connectivity index (χ2n) is 5.06. The van der Waals surface area contributed by atoms with Crippen LogP contribution in [0.3, 0.4) is 0 Å². The van der Waals surface area contributed by atoms with Gasteiger partial charge in [-0.05, 0) is 30.0 Å². The summed E-state index contributed by atoms with van der Waals surface area (Å²) in [6, 6.07) is 21.1. The minimum absolute atomic E-state index is 1.03. The molecule has 3 aromatic carbocycles. The van der Waals surface area contributed by atoms with E-state index >= 15 is 0 Å². The quantitative estimate of drug-likeness (QED) is 0.492. The Balaban J connectivity index is 2.14. The second-order valence-corrected chi connectivity index (χ2v) is 5.06. The Morgan fingerprint density at radius 1 is 0.850 bits per heavy atom. The first-order valence-corrected chi connectivity index (χ1v) is 6.75. The highest BCUT2D eigenvalue weighted by Gasteiger charge is 2.09. The van der Waals surface area contributed by atoms with Crippen molar-refractivity contribution in [2.24, 2.45) is 0 Å². The first-order chi connectivity index (χ1) is 9.84. The van der Waals surface area contributed by atoms with Crippen molar-refractivity contribution in [3.8, 4) is 5.69 Å². The molecular formula is C18H14N2. The van der Waals surface area contributed by atoms with E-state index in [0.29, 0.717) is 0 Å². The molecule has 0 amide bonds. The van der Waals surface area contributed by atoms with Crippen molar-refractivity contribution >= 4 is 21.8 Å². The van der Waals surface area contributed by atoms with E-state index in [2.05, 4.69) is 65.0 Å². The minimum atomic E-state index is 1.03. The summed E-state index contributed by atoms with van der Waals surface area (Å²) in [4.78, 5) is 4.51. The molecule has 20 heavy (non-hydrogen) atoms. The molecule has 1 aromatic heterocycles. The Bertz CT molecular complexity index is 919. The molecule has 0 saturated carbocycles. The fraction of sp³-hybridized carbons (Fsp3) is 0.0556. The Kier molecular flexibility index (Phi) is 2.36. The number of imidazole rings is 1. The monoisotopic (exact) mass is 258 g/mol. The third-order valence-electron chi connectivity index (χ3n) is 3.80. The van der Waals surface area contributed by atoms with Gasteiger partial charge in [-0.15, -0.1) is 0 Å². The molecule has 0 spiro atoms. The smallest absolute Gasteiger partial charge is 0.100 e. The van der Waals surface area contributed by atoms with Gasteiger partial charge in [0, 0.05) is 5.39 Å². The van der Waals surface area contributed by atoms with E-state index in [-0.39, 0.29) is 0 Å². The molecule has 0 unspecified atom stereocenters. The van der Waals surface area contributed by atoms with E-state index in [1.165, 1.54) is 22.0 Å². The van der Waals surface area contributed by atoms with Crippen molar-refractivity contribution in [3.63, 3.8) is 0 Å². The first kappa shape index (κ1) is 11.2. The zero-order chi connectivity index (χ0) is 13.5. The van der Waals surface area contributed by atoms with Gasteiger partial charge in [-0.3, -0.25) is 4.57 Å². The number of hydrogen-bond acceptors (Lipinski definition) is 1. The van der Waals surface area contributed by atoms with Crippen molar-refractivity contribution in [1.29, 1.82) is 0 Å². The van der Waals surface area contributed by atoms with Crippen LogP contribution in [0.4, 0.5) is 0 Å². The van der Waals surface area contributed by atoms with Gasteiger partial charge < -0.3 is 0 Å². The maximum atomic E-state index is 4.51. The van der Waals surface area contributed by atoms with Gasteiger partial charge in [0.25, 0.3) is 0 Å². The minimum Gasteiger partial charge on any atom is -0.298 e. The lowest BCUT2D eigenvalue weighted by Gasteiger charge is -2.12. The molecule has 2 nitrogen and oxygen atoms in total. The summed E-state index contributed by atoms with van der Waals surface area (Å²) < 4.78 is 2.19. The molecule has 96 valence electrons. The standard InChI is InChI=1S/C18H14N2/c1-13-10-11-14-6-2-3-7-15(14)18(13)20-12-19-16-8-4-5-9-17(16)20/h2-12H,1H3. The summed E-state index contributed by atoms with van der Waals surface area (Å²) >= 11 is 0. The van der Waals surface area contributed by atoms with Crippen molar-refractivity contribution < 1.29 is 0 Å². The van der Waals surface area contributed by atoms with Crippen LogP contribution in [0, 0.1) is 6.92 Å². The predicted octanol–water partition coefficient (Wildman–Crippen LogP) is 4.49. The van der Waals surface area contributed by atoms with Crippen LogP contribution in [0.15, 0.2) is 67.0 Å². The van der Waals surface area contributed by atoms with Gasteiger partial charge in [0.1, 0.15) is 6.33 Å². The molecule has 0 aliphatic carbocycles. The summed E-state index contributed by atoms with van der Waals surface area (Å²) in [6.45, 7) is 2.15. The Labute approximate surface area is 117 Å².